The Balaban J connectivity index is 2.96. The maximum absolute atomic E-state index is 9.81. The van der Waals surface area contributed by atoms with Crippen LogP contribution in [0.25, 0.3) is 0 Å². The highest BCUT2D eigenvalue weighted by Gasteiger charge is 2.20. The first-order chi connectivity index (χ1) is 5.56. The molecule has 0 aliphatic carbocycles. The summed E-state index contributed by atoms with van der Waals surface area (Å²) >= 11 is 0. The summed E-state index contributed by atoms with van der Waals surface area (Å²) in [6.07, 6.45) is 4.01. The molecule has 3 nitrogen and oxygen atoms in total. The summed E-state index contributed by atoms with van der Waals surface area (Å²) in [5.74, 6) is 0.727. The Morgan fingerprint density at radius 1 is 1.42 bits per heavy atom. The Bertz CT molecular complexity index is 254. The second-order valence-corrected chi connectivity index (χ2v) is 3.15. The molecule has 1 aromatic rings. The van der Waals surface area contributed by atoms with Gasteiger partial charge in [-0.05, 0) is 20.3 Å². The van der Waals surface area contributed by atoms with Crippen LogP contribution in [0.5, 0.6) is 0 Å². The van der Waals surface area contributed by atoms with E-state index >= 15 is 0 Å². The lowest BCUT2D eigenvalue weighted by Crippen LogP contribution is -2.20. The van der Waals surface area contributed by atoms with Gasteiger partial charge in [0.25, 0.3) is 0 Å². The molecule has 0 aliphatic rings. The summed E-state index contributed by atoms with van der Waals surface area (Å²) in [5.41, 5.74) is -0.0242. The van der Waals surface area contributed by atoms with E-state index in [1.54, 1.807) is 19.3 Å². The largest absolute Gasteiger partial charge is 0.385 e. The third kappa shape index (κ3) is 1.80. The maximum Gasteiger partial charge on any atom is 0.125 e. The Labute approximate surface area is 72.5 Å². The fourth-order valence-corrected chi connectivity index (χ4v) is 0.875. The zero-order valence-electron chi connectivity index (χ0n) is 7.70. The van der Waals surface area contributed by atoms with Gasteiger partial charge in [-0.15, -0.1) is 0 Å². The van der Waals surface area contributed by atoms with Crippen molar-refractivity contribution in [3.63, 3.8) is 0 Å². The summed E-state index contributed by atoms with van der Waals surface area (Å²) in [5, 5.41) is 9.81. The third-order valence-corrected chi connectivity index (χ3v) is 2.09. The highest BCUT2D eigenvalue weighted by atomic mass is 16.3. The van der Waals surface area contributed by atoms with E-state index in [4.69, 9.17) is 0 Å². The van der Waals surface area contributed by atoms with Gasteiger partial charge in [0.1, 0.15) is 5.82 Å². The maximum atomic E-state index is 9.81. The average molecular weight is 166 g/mol. The molecule has 0 saturated carbocycles. The van der Waals surface area contributed by atoms with E-state index in [9.17, 15) is 5.11 Å². The second kappa shape index (κ2) is 3.19. The minimum atomic E-state index is -0.798. The molecule has 1 rings (SSSR count). The molecule has 3 heteroatoms. The first-order valence-corrected chi connectivity index (χ1v) is 4.08. The average Bonchev–Trinajstić information content (AvgIpc) is 2.05. The van der Waals surface area contributed by atoms with Crippen molar-refractivity contribution in [2.75, 3.05) is 0 Å². The lowest BCUT2D eigenvalue weighted by Gasteiger charge is -2.20. The van der Waals surface area contributed by atoms with Gasteiger partial charge in [0.2, 0.25) is 0 Å². The van der Waals surface area contributed by atoms with Gasteiger partial charge in [-0.25, -0.2) is 9.97 Å². The first kappa shape index (κ1) is 9.13. The van der Waals surface area contributed by atoms with Crippen LogP contribution in [0.2, 0.25) is 0 Å². The number of hydrogen-bond acceptors (Lipinski definition) is 3. The summed E-state index contributed by atoms with van der Waals surface area (Å²) < 4.78 is 0. The van der Waals surface area contributed by atoms with Gasteiger partial charge in [0.05, 0.1) is 5.60 Å². The minimum absolute atomic E-state index is 0.666. The quantitative estimate of drug-likeness (QED) is 0.722. The smallest absolute Gasteiger partial charge is 0.125 e. The third-order valence-electron chi connectivity index (χ3n) is 2.09. The number of aliphatic hydroxyl groups is 1. The standard InChI is InChI=1S/C9H14N2O/c1-4-9(3,12)8-5-10-7(2)11-6-8/h5-6,12H,4H2,1-3H3. The molecule has 66 valence electrons. The Morgan fingerprint density at radius 2 is 1.92 bits per heavy atom. The molecule has 0 aromatic carbocycles. The Morgan fingerprint density at radius 3 is 2.33 bits per heavy atom. The number of hydrogen-bond donors (Lipinski definition) is 1. The highest BCUT2D eigenvalue weighted by Crippen LogP contribution is 2.21. The van der Waals surface area contributed by atoms with Crippen LogP contribution in [0.4, 0.5) is 0 Å². The summed E-state index contributed by atoms with van der Waals surface area (Å²) in [6.45, 7) is 5.52. The molecule has 0 spiro atoms. The topological polar surface area (TPSA) is 46.0 Å². The zero-order valence-corrected chi connectivity index (χ0v) is 7.70. The van der Waals surface area contributed by atoms with Crippen molar-refractivity contribution >= 4 is 0 Å². The molecular weight excluding hydrogens is 152 g/mol. The number of nitrogens with zero attached hydrogens (tertiary/aromatic N) is 2. The van der Waals surface area contributed by atoms with Crippen molar-refractivity contribution in [2.24, 2.45) is 0 Å². The van der Waals surface area contributed by atoms with Gasteiger partial charge in [-0.2, -0.15) is 0 Å². The lowest BCUT2D eigenvalue weighted by molar-refractivity contribution is 0.0523. The van der Waals surface area contributed by atoms with Crippen LogP contribution in [0, 0.1) is 6.92 Å². The molecule has 1 heterocycles. The molecular formula is C9H14N2O. The molecule has 0 saturated heterocycles. The Hall–Kier alpha value is -0.960. The molecule has 0 bridgehead atoms. The SMILES string of the molecule is CCC(C)(O)c1cnc(C)nc1. The van der Waals surface area contributed by atoms with Crippen LogP contribution < -0.4 is 0 Å². The predicted octanol–water partition coefficient (Wildman–Crippen LogP) is 1.40. The fraction of sp³-hybridized carbons (Fsp3) is 0.556. The molecule has 0 aliphatic heterocycles. The summed E-state index contributed by atoms with van der Waals surface area (Å²) in [6, 6.07) is 0. The van der Waals surface area contributed by atoms with E-state index in [2.05, 4.69) is 9.97 Å². The predicted molar refractivity (Wildman–Crippen MR) is 46.6 cm³/mol. The van der Waals surface area contributed by atoms with Crippen molar-refractivity contribution in [3.8, 4) is 0 Å². The van der Waals surface area contributed by atoms with E-state index in [1.165, 1.54) is 0 Å². The van der Waals surface area contributed by atoms with E-state index in [-0.39, 0.29) is 0 Å². The van der Waals surface area contributed by atoms with Crippen LogP contribution in [-0.4, -0.2) is 15.1 Å². The molecule has 1 aromatic heterocycles. The number of aromatic nitrogens is 2. The van der Waals surface area contributed by atoms with E-state index in [0.29, 0.717) is 6.42 Å². The van der Waals surface area contributed by atoms with Gasteiger partial charge in [0, 0.05) is 18.0 Å². The van der Waals surface area contributed by atoms with E-state index in [1.807, 2.05) is 13.8 Å². The lowest BCUT2D eigenvalue weighted by atomic mass is 9.96. The van der Waals surface area contributed by atoms with Crippen molar-refractivity contribution in [3.05, 3.63) is 23.8 Å². The van der Waals surface area contributed by atoms with Crippen molar-refractivity contribution in [1.82, 2.24) is 9.97 Å². The van der Waals surface area contributed by atoms with E-state index in [0.717, 1.165) is 11.4 Å². The van der Waals surface area contributed by atoms with Crippen molar-refractivity contribution in [1.29, 1.82) is 0 Å². The minimum Gasteiger partial charge on any atom is -0.385 e. The van der Waals surface area contributed by atoms with Crippen molar-refractivity contribution < 1.29 is 5.11 Å². The van der Waals surface area contributed by atoms with Crippen molar-refractivity contribution in [2.45, 2.75) is 32.8 Å². The van der Waals surface area contributed by atoms with Gasteiger partial charge < -0.3 is 5.11 Å². The monoisotopic (exact) mass is 166 g/mol. The van der Waals surface area contributed by atoms with Crippen LogP contribution in [0.3, 0.4) is 0 Å². The normalized spacial score (nSPS) is 15.7. The molecule has 1 unspecified atom stereocenters. The molecule has 0 amide bonds. The van der Waals surface area contributed by atoms with Gasteiger partial charge in [-0.1, -0.05) is 6.92 Å². The molecule has 0 fully saturated rings. The van der Waals surface area contributed by atoms with Crippen LogP contribution in [0.1, 0.15) is 31.7 Å². The van der Waals surface area contributed by atoms with Crippen LogP contribution >= 0.6 is 0 Å². The number of aryl methyl sites for hydroxylation is 1. The van der Waals surface area contributed by atoms with Gasteiger partial charge >= 0.3 is 0 Å². The Kier molecular flexibility index (Phi) is 2.43. The van der Waals surface area contributed by atoms with Crippen LogP contribution in [0.15, 0.2) is 12.4 Å². The highest BCUT2D eigenvalue weighted by molar-refractivity contribution is 5.13. The molecule has 1 atom stereocenters. The molecule has 1 N–H and O–H groups in total. The fourth-order valence-electron chi connectivity index (χ4n) is 0.875. The van der Waals surface area contributed by atoms with Crippen LogP contribution in [-0.2, 0) is 5.60 Å². The number of rotatable bonds is 2. The van der Waals surface area contributed by atoms with Gasteiger partial charge in [0.15, 0.2) is 0 Å². The second-order valence-electron chi connectivity index (χ2n) is 3.15. The molecule has 12 heavy (non-hydrogen) atoms. The van der Waals surface area contributed by atoms with Gasteiger partial charge in [-0.3, -0.25) is 0 Å². The summed E-state index contributed by atoms with van der Waals surface area (Å²) in [7, 11) is 0. The van der Waals surface area contributed by atoms with E-state index < -0.39 is 5.60 Å². The molecule has 0 radical (unpaired) electrons. The summed E-state index contributed by atoms with van der Waals surface area (Å²) in [4.78, 5) is 8.04. The first-order valence-electron chi connectivity index (χ1n) is 4.08. The zero-order chi connectivity index (χ0) is 9.19.